The molecule has 3 N–H and O–H groups in total. The standard InChI is InChI=1S/C36H34BrN3O4S/c37-28-19-36-30(29(31(28)45-36)33(42)38-20-23-11-5-2-6-12-23)35(44)40(27(21-41)17-22-9-3-1-4-10-22)32(36)34(43)39-26-16-15-24-13-7-8-14-25(24)18-26/h1-16,18,27-32,41H,17,19-21H2,(H,38,42)(H,39,43)/t27-,28?,29-,30+,31-,32?,36?/m1/s1. The molecular weight excluding hydrogens is 650 g/mol. The van der Waals surface area contributed by atoms with E-state index in [-0.39, 0.29) is 34.4 Å². The highest BCUT2D eigenvalue weighted by Crippen LogP contribution is 2.68. The predicted molar refractivity (Wildman–Crippen MR) is 181 cm³/mol. The number of nitrogens with one attached hydrogen (secondary N) is 2. The van der Waals surface area contributed by atoms with Crippen molar-refractivity contribution in [2.75, 3.05) is 11.9 Å². The van der Waals surface area contributed by atoms with Crippen LogP contribution in [-0.4, -0.2) is 61.2 Å². The lowest BCUT2D eigenvalue weighted by molar-refractivity contribution is -0.142. The molecule has 7 nitrogen and oxygen atoms in total. The Morgan fingerprint density at radius 3 is 2.29 bits per heavy atom. The minimum absolute atomic E-state index is 0.0448. The molecule has 3 unspecified atom stereocenters. The second-order valence-corrected chi connectivity index (χ2v) is 14.9. The van der Waals surface area contributed by atoms with Gasteiger partial charge in [-0.2, -0.15) is 0 Å². The van der Waals surface area contributed by atoms with E-state index in [9.17, 15) is 19.5 Å². The summed E-state index contributed by atoms with van der Waals surface area (Å²) in [5, 5.41) is 18.8. The molecule has 9 heteroatoms. The Balaban J connectivity index is 1.24. The normalized spacial score (nSPS) is 27.4. The van der Waals surface area contributed by atoms with Gasteiger partial charge in [0.2, 0.25) is 17.7 Å². The summed E-state index contributed by atoms with van der Waals surface area (Å²) in [5.41, 5.74) is 2.57. The number of benzene rings is 4. The number of nitrogens with zero attached hydrogens (tertiary/aromatic N) is 1. The third-order valence-corrected chi connectivity index (χ3v) is 12.7. The molecule has 3 saturated heterocycles. The highest BCUT2D eigenvalue weighted by atomic mass is 79.9. The van der Waals surface area contributed by atoms with Crippen LogP contribution in [0.2, 0.25) is 0 Å². The van der Waals surface area contributed by atoms with Crippen LogP contribution in [0.5, 0.6) is 0 Å². The average molecular weight is 685 g/mol. The first-order valence-corrected chi connectivity index (χ1v) is 17.1. The third-order valence-electron chi connectivity index (χ3n) is 9.52. The van der Waals surface area contributed by atoms with Gasteiger partial charge < -0.3 is 20.6 Å². The molecule has 45 heavy (non-hydrogen) atoms. The number of likely N-dealkylation sites (tertiary alicyclic amines) is 1. The summed E-state index contributed by atoms with van der Waals surface area (Å²) in [7, 11) is 0. The molecule has 7 atom stereocenters. The van der Waals surface area contributed by atoms with Crippen LogP contribution in [-0.2, 0) is 27.3 Å². The van der Waals surface area contributed by atoms with Gasteiger partial charge in [0, 0.05) is 22.3 Å². The zero-order chi connectivity index (χ0) is 31.1. The van der Waals surface area contributed by atoms with Crippen molar-refractivity contribution in [1.29, 1.82) is 0 Å². The van der Waals surface area contributed by atoms with E-state index in [0.29, 0.717) is 25.1 Å². The number of fused-ring (bicyclic) bond motifs is 2. The Labute approximate surface area is 274 Å². The molecule has 3 heterocycles. The molecule has 230 valence electrons. The third kappa shape index (κ3) is 5.34. The molecule has 3 aliphatic rings. The van der Waals surface area contributed by atoms with Gasteiger partial charge in [0.15, 0.2) is 0 Å². The molecule has 0 aromatic heterocycles. The summed E-state index contributed by atoms with van der Waals surface area (Å²) in [6.45, 7) is 0.0528. The Morgan fingerprint density at radius 2 is 1.58 bits per heavy atom. The number of anilines is 1. The summed E-state index contributed by atoms with van der Waals surface area (Å²) in [6.07, 6.45) is 0.958. The lowest BCUT2D eigenvalue weighted by Crippen LogP contribution is -2.55. The van der Waals surface area contributed by atoms with Crippen molar-refractivity contribution in [2.45, 2.75) is 46.3 Å². The molecule has 3 fully saturated rings. The largest absolute Gasteiger partial charge is 0.394 e. The van der Waals surface area contributed by atoms with Crippen molar-refractivity contribution in [2.24, 2.45) is 11.8 Å². The average Bonchev–Trinajstić information content (AvgIpc) is 3.66. The van der Waals surface area contributed by atoms with E-state index in [2.05, 4.69) is 26.6 Å². The van der Waals surface area contributed by atoms with Crippen LogP contribution in [0, 0.1) is 11.8 Å². The molecular formula is C36H34BrN3O4S. The van der Waals surface area contributed by atoms with Crippen LogP contribution in [0.25, 0.3) is 10.8 Å². The second-order valence-electron chi connectivity index (χ2n) is 12.2. The minimum atomic E-state index is -0.871. The molecule has 2 bridgehead atoms. The van der Waals surface area contributed by atoms with Crippen LogP contribution >= 0.6 is 27.7 Å². The van der Waals surface area contributed by atoms with Crippen LogP contribution in [0.4, 0.5) is 5.69 Å². The molecule has 4 aromatic rings. The van der Waals surface area contributed by atoms with Gasteiger partial charge >= 0.3 is 0 Å². The first-order chi connectivity index (χ1) is 21.9. The highest BCUT2D eigenvalue weighted by molar-refractivity contribution is 9.09. The van der Waals surface area contributed by atoms with E-state index in [1.165, 1.54) is 0 Å². The summed E-state index contributed by atoms with van der Waals surface area (Å²) in [4.78, 5) is 44.6. The predicted octanol–water partition coefficient (Wildman–Crippen LogP) is 5.16. The van der Waals surface area contributed by atoms with E-state index in [0.717, 1.165) is 21.9 Å². The van der Waals surface area contributed by atoms with Crippen molar-refractivity contribution in [1.82, 2.24) is 10.2 Å². The number of alkyl halides is 1. The molecule has 3 aliphatic heterocycles. The number of carbonyl (C=O) groups excluding carboxylic acids is 3. The van der Waals surface area contributed by atoms with E-state index >= 15 is 0 Å². The Kier molecular flexibility index (Phi) is 8.18. The summed E-state index contributed by atoms with van der Waals surface area (Å²) in [6, 6.07) is 31.6. The fourth-order valence-electron chi connectivity index (χ4n) is 7.58. The molecule has 4 aromatic carbocycles. The maximum absolute atomic E-state index is 14.6. The van der Waals surface area contributed by atoms with Crippen molar-refractivity contribution in [3.63, 3.8) is 0 Å². The SMILES string of the molecule is O=C(Nc1ccc2ccccc2c1)C1N([C@@H](CO)Cc2ccccc2)C(=O)[C@@H]2[C@@H](C(=O)NCc3ccccc3)[C@@H]3SC12CC3Br. The van der Waals surface area contributed by atoms with Gasteiger partial charge in [0.05, 0.1) is 29.2 Å². The van der Waals surface area contributed by atoms with Crippen LogP contribution in [0.1, 0.15) is 17.5 Å². The van der Waals surface area contributed by atoms with E-state index in [1.54, 1.807) is 16.7 Å². The van der Waals surface area contributed by atoms with Gasteiger partial charge in [-0.1, -0.05) is 107 Å². The fourth-order valence-corrected chi connectivity index (χ4v) is 11.2. The van der Waals surface area contributed by atoms with E-state index in [4.69, 9.17) is 0 Å². The molecule has 0 saturated carbocycles. The number of rotatable bonds is 9. The molecule has 1 spiro atoms. The van der Waals surface area contributed by atoms with Crippen molar-refractivity contribution in [3.8, 4) is 0 Å². The first-order valence-electron chi connectivity index (χ1n) is 15.3. The Morgan fingerprint density at radius 1 is 0.911 bits per heavy atom. The zero-order valence-electron chi connectivity index (χ0n) is 24.5. The number of aliphatic hydroxyl groups is 1. The topological polar surface area (TPSA) is 98.7 Å². The van der Waals surface area contributed by atoms with Crippen molar-refractivity contribution < 1.29 is 19.5 Å². The molecule has 7 rings (SSSR count). The van der Waals surface area contributed by atoms with Gasteiger partial charge in [0.1, 0.15) is 6.04 Å². The van der Waals surface area contributed by atoms with Gasteiger partial charge in [-0.15, -0.1) is 11.8 Å². The molecule has 0 aliphatic carbocycles. The first kappa shape index (κ1) is 30.0. The Bertz CT molecular complexity index is 1740. The quantitative estimate of drug-likeness (QED) is 0.212. The zero-order valence-corrected chi connectivity index (χ0v) is 26.9. The highest BCUT2D eigenvalue weighted by Gasteiger charge is 2.76. The number of hydrogen-bond donors (Lipinski definition) is 3. The molecule has 3 amide bonds. The fraction of sp³-hybridized carbons (Fsp3) is 0.306. The monoisotopic (exact) mass is 683 g/mol. The smallest absolute Gasteiger partial charge is 0.248 e. The molecule has 0 radical (unpaired) electrons. The second kappa shape index (κ2) is 12.3. The lowest BCUT2D eigenvalue weighted by atomic mass is 9.70. The number of aliphatic hydroxyl groups excluding tert-OH is 1. The van der Waals surface area contributed by atoms with Gasteiger partial charge in [0.25, 0.3) is 0 Å². The van der Waals surface area contributed by atoms with E-state index in [1.807, 2.05) is 103 Å². The van der Waals surface area contributed by atoms with Gasteiger partial charge in [-0.3, -0.25) is 14.4 Å². The van der Waals surface area contributed by atoms with Crippen molar-refractivity contribution in [3.05, 3.63) is 114 Å². The number of halogens is 1. The minimum Gasteiger partial charge on any atom is -0.394 e. The maximum Gasteiger partial charge on any atom is 0.248 e. The number of amides is 3. The van der Waals surface area contributed by atoms with Crippen LogP contribution in [0.15, 0.2) is 103 Å². The lowest BCUT2D eigenvalue weighted by Gasteiger charge is -2.37. The van der Waals surface area contributed by atoms with Gasteiger partial charge in [-0.05, 0) is 46.9 Å². The number of hydrogen-bond acceptors (Lipinski definition) is 5. The van der Waals surface area contributed by atoms with Gasteiger partial charge in [-0.25, -0.2) is 0 Å². The van der Waals surface area contributed by atoms with E-state index < -0.39 is 28.7 Å². The summed E-state index contributed by atoms with van der Waals surface area (Å²) in [5.74, 6) is -2.01. The van der Waals surface area contributed by atoms with Crippen LogP contribution < -0.4 is 10.6 Å². The maximum atomic E-state index is 14.6. The number of carbonyl (C=O) groups is 3. The number of thioether (sulfide) groups is 1. The summed E-state index contributed by atoms with van der Waals surface area (Å²) >= 11 is 5.43. The Hall–Kier alpha value is -3.66. The van der Waals surface area contributed by atoms with Crippen LogP contribution in [0.3, 0.4) is 0 Å². The van der Waals surface area contributed by atoms with Crippen molar-refractivity contribution >= 4 is 61.9 Å². The summed E-state index contributed by atoms with van der Waals surface area (Å²) < 4.78 is -0.824.